The summed E-state index contributed by atoms with van der Waals surface area (Å²) in [6.07, 6.45) is 5.24. The van der Waals surface area contributed by atoms with Crippen LogP contribution < -0.4 is 0 Å². The average Bonchev–Trinajstić information content (AvgIpc) is 3.15. The number of hydrogen-bond acceptors (Lipinski definition) is 5. The number of imidazole rings is 1. The van der Waals surface area contributed by atoms with Gasteiger partial charge in [-0.15, -0.1) is 10.1 Å². The van der Waals surface area contributed by atoms with Crippen LogP contribution in [0.4, 0.5) is 0 Å². The molecular formula is C18H17Cl2N3O4S. The highest BCUT2D eigenvalue weighted by molar-refractivity contribution is 7.99. The molecule has 0 aliphatic rings. The molecule has 0 bridgehead atoms. The van der Waals surface area contributed by atoms with Gasteiger partial charge in [-0.25, -0.2) is 4.98 Å². The predicted molar refractivity (Wildman–Crippen MR) is 108 cm³/mol. The lowest BCUT2D eigenvalue weighted by Gasteiger charge is -2.20. The summed E-state index contributed by atoms with van der Waals surface area (Å²) in [5.41, 5.74) is 0.920. The van der Waals surface area contributed by atoms with E-state index in [-0.39, 0.29) is 6.10 Å². The number of thioether (sulfide) groups is 1. The smallest absolute Gasteiger partial charge is 0.291 e. The van der Waals surface area contributed by atoms with Gasteiger partial charge in [0.25, 0.3) is 5.09 Å². The van der Waals surface area contributed by atoms with Gasteiger partial charge in [0.15, 0.2) is 0 Å². The minimum Gasteiger partial charge on any atom is -0.361 e. The maximum absolute atomic E-state index is 8.36. The molecule has 148 valence electrons. The number of hydrogen-bond donors (Lipinski definition) is 1. The van der Waals surface area contributed by atoms with Crippen molar-refractivity contribution in [1.29, 1.82) is 0 Å². The zero-order chi connectivity index (χ0) is 20.4. The van der Waals surface area contributed by atoms with Gasteiger partial charge in [-0.1, -0.05) is 59.2 Å². The van der Waals surface area contributed by atoms with Gasteiger partial charge in [0.2, 0.25) is 0 Å². The molecule has 1 aromatic heterocycles. The van der Waals surface area contributed by atoms with Crippen LogP contribution >= 0.6 is 35.0 Å². The Morgan fingerprint density at radius 3 is 2.57 bits per heavy atom. The molecule has 0 radical (unpaired) electrons. The van der Waals surface area contributed by atoms with Crippen molar-refractivity contribution in [2.75, 3.05) is 5.94 Å². The van der Waals surface area contributed by atoms with E-state index in [1.165, 1.54) is 4.90 Å². The molecule has 0 saturated heterocycles. The minimum absolute atomic E-state index is 0.180. The van der Waals surface area contributed by atoms with Gasteiger partial charge in [0, 0.05) is 32.9 Å². The number of benzene rings is 2. The Morgan fingerprint density at radius 1 is 1.25 bits per heavy atom. The van der Waals surface area contributed by atoms with Crippen LogP contribution in [0.5, 0.6) is 0 Å². The van der Waals surface area contributed by atoms with Crippen molar-refractivity contribution >= 4 is 35.0 Å². The van der Waals surface area contributed by atoms with Crippen LogP contribution in [0.3, 0.4) is 0 Å². The van der Waals surface area contributed by atoms with Crippen LogP contribution in [0.1, 0.15) is 11.7 Å². The second kappa shape index (κ2) is 11.6. The molecule has 0 fully saturated rings. The molecule has 1 atom stereocenters. The van der Waals surface area contributed by atoms with Gasteiger partial charge in [0.1, 0.15) is 6.10 Å². The van der Waals surface area contributed by atoms with Gasteiger partial charge in [0.05, 0.1) is 18.8 Å². The first kappa shape index (κ1) is 22.0. The standard InChI is InChI=1S/C18H16Cl2N2OS.HNO3/c19-14-6-7-16(17(20)10-14)18(11-22-9-8-21-12-22)23-13-24-15-4-2-1-3-5-15;2-1(3)4/h1-10,12,18H,11,13H2;(H,2,3,4). The third-order valence-corrected chi connectivity index (χ3v) is 4.91. The molecule has 1 unspecified atom stereocenters. The number of ether oxygens (including phenoxy) is 1. The van der Waals surface area contributed by atoms with Crippen LogP contribution in [-0.2, 0) is 11.3 Å². The Kier molecular flexibility index (Phi) is 9.09. The average molecular weight is 442 g/mol. The van der Waals surface area contributed by atoms with E-state index < -0.39 is 5.09 Å². The highest BCUT2D eigenvalue weighted by Gasteiger charge is 2.17. The maximum Gasteiger partial charge on any atom is 0.291 e. The molecule has 1 N–H and O–H groups in total. The van der Waals surface area contributed by atoms with E-state index in [4.69, 9.17) is 43.3 Å². The van der Waals surface area contributed by atoms with Gasteiger partial charge in [-0.05, 0) is 24.3 Å². The summed E-state index contributed by atoms with van der Waals surface area (Å²) in [4.78, 5) is 13.6. The zero-order valence-corrected chi connectivity index (χ0v) is 16.8. The summed E-state index contributed by atoms with van der Waals surface area (Å²) >= 11 is 14.0. The monoisotopic (exact) mass is 441 g/mol. The van der Waals surface area contributed by atoms with Gasteiger partial charge in [-0.3, -0.25) is 0 Å². The van der Waals surface area contributed by atoms with E-state index in [1.54, 1.807) is 30.4 Å². The van der Waals surface area contributed by atoms with Crippen molar-refractivity contribution in [2.45, 2.75) is 17.5 Å². The van der Waals surface area contributed by atoms with Crippen molar-refractivity contribution in [3.63, 3.8) is 0 Å². The molecule has 0 saturated carbocycles. The van der Waals surface area contributed by atoms with Crippen LogP contribution in [0.25, 0.3) is 0 Å². The molecule has 0 aliphatic heterocycles. The minimum atomic E-state index is -1.50. The van der Waals surface area contributed by atoms with E-state index in [1.807, 2.05) is 41.1 Å². The van der Waals surface area contributed by atoms with Gasteiger partial charge < -0.3 is 14.5 Å². The number of nitrogens with zero attached hydrogens (tertiary/aromatic N) is 3. The normalized spacial score (nSPS) is 11.4. The van der Waals surface area contributed by atoms with Crippen molar-refractivity contribution in [3.05, 3.63) is 93.0 Å². The molecule has 1 heterocycles. The Hall–Kier alpha value is -2.26. The van der Waals surface area contributed by atoms with E-state index in [9.17, 15) is 0 Å². The topological polar surface area (TPSA) is 90.4 Å². The van der Waals surface area contributed by atoms with Crippen LogP contribution in [0, 0.1) is 10.1 Å². The third kappa shape index (κ3) is 7.77. The zero-order valence-electron chi connectivity index (χ0n) is 14.5. The highest BCUT2D eigenvalue weighted by atomic mass is 35.5. The van der Waals surface area contributed by atoms with Crippen molar-refractivity contribution in [1.82, 2.24) is 9.55 Å². The van der Waals surface area contributed by atoms with Crippen LogP contribution in [0.15, 0.2) is 72.1 Å². The quantitative estimate of drug-likeness (QED) is 0.230. The number of rotatable bonds is 7. The largest absolute Gasteiger partial charge is 0.361 e. The highest BCUT2D eigenvalue weighted by Crippen LogP contribution is 2.31. The van der Waals surface area contributed by atoms with Crippen molar-refractivity contribution < 1.29 is 15.0 Å². The predicted octanol–water partition coefficient (Wildman–Crippen LogP) is 5.35. The van der Waals surface area contributed by atoms with Gasteiger partial charge >= 0.3 is 0 Å². The van der Waals surface area contributed by atoms with Crippen LogP contribution in [-0.4, -0.2) is 25.8 Å². The fraction of sp³-hybridized carbons (Fsp3) is 0.167. The molecular weight excluding hydrogens is 425 g/mol. The van der Waals surface area contributed by atoms with Crippen molar-refractivity contribution in [2.24, 2.45) is 0 Å². The van der Waals surface area contributed by atoms with E-state index in [2.05, 4.69) is 17.1 Å². The summed E-state index contributed by atoms with van der Waals surface area (Å²) in [6.45, 7) is 0.636. The lowest BCUT2D eigenvalue weighted by atomic mass is 10.1. The molecule has 0 spiro atoms. The first-order valence-corrected chi connectivity index (χ1v) is 9.73. The molecule has 2 aromatic carbocycles. The second-order valence-corrected chi connectivity index (χ2v) is 7.23. The van der Waals surface area contributed by atoms with E-state index >= 15 is 0 Å². The molecule has 10 heteroatoms. The second-order valence-electron chi connectivity index (χ2n) is 5.39. The SMILES string of the molecule is Clc1ccc(C(Cn2ccnc2)OCSc2ccccc2)c(Cl)c1.O=[N+]([O-])O. The summed E-state index contributed by atoms with van der Waals surface area (Å²) in [6, 6.07) is 15.6. The first-order valence-electron chi connectivity index (χ1n) is 7.99. The summed E-state index contributed by atoms with van der Waals surface area (Å²) in [5, 5.41) is 14.9. The lowest BCUT2D eigenvalue weighted by molar-refractivity contribution is -0.742. The Bertz CT molecular complexity index is 863. The number of aromatic nitrogens is 2. The van der Waals surface area contributed by atoms with E-state index in [0.717, 1.165) is 5.56 Å². The Morgan fingerprint density at radius 2 is 1.96 bits per heavy atom. The lowest BCUT2D eigenvalue weighted by Crippen LogP contribution is -2.12. The number of halogens is 2. The molecule has 0 amide bonds. The molecule has 3 aromatic rings. The molecule has 7 nitrogen and oxygen atoms in total. The molecule has 28 heavy (non-hydrogen) atoms. The Balaban J connectivity index is 0.000000640. The maximum atomic E-state index is 8.36. The summed E-state index contributed by atoms with van der Waals surface area (Å²) in [7, 11) is 0. The fourth-order valence-corrected chi connectivity index (χ4v) is 3.54. The van der Waals surface area contributed by atoms with E-state index in [0.29, 0.717) is 22.5 Å². The first-order chi connectivity index (χ1) is 13.5. The van der Waals surface area contributed by atoms with Crippen LogP contribution in [0.2, 0.25) is 10.0 Å². The molecule has 0 aliphatic carbocycles. The third-order valence-electron chi connectivity index (χ3n) is 3.48. The molecule has 3 rings (SSSR count). The Labute approximate surface area is 176 Å². The fourth-order valence-electron chi connectivity index (χ4n) is 2.29. The van der Waals surface area contributed by atoms with Gasteiger partial charge in [-0.2, -0.15) is 0 Å². The summed E-state index contributed by atoms with van der Waals surface area (Å²) in [5.74, 6) is 0.530. The summed E-state index contributed by atoms with van der Waals surface area (Å²) < 4.78 is 8.09. The van der Waals surface area contributed by atoms with Crippen molar-refractivity contribution in [3.8, 4) is 0 Å².